The van der Waals surface area contributed by atoms with Crippen LogP contribution in [-0.2, 0) is 16.6 Å². The molecule has 1 aromatic heterocycles. The van der Waals surface area contributed by atoms with Gasteiger partial charge in [-0.15, -0.1) is 0 Å². The van der Waals surface area contributed by atoms with Gasteiger partial charge in [0.15, 0.2) is 17.6 Å². The Morgan fingerprint density at radius 1 is 1.14 bits per heavy atom. The minimum Gasteiger partial charge on any atom is -0.486 e. The molecule has 1 aliphatic heterocycles. The monoisotopic (exact) mass is 399 g/mol. The highest BCUT2D eigenvalue weighted by Gasteiger charge is 2.22. The molecule has 0 aliphatic carbocycles. The van der Waals surface area contributed by atoms with Crippen LogP contribution in [0.1, 0.15) is 11.1 Å². The molecule has 2 heterocycles. The molecular weight excluding hydrogens is 378 g/mol. The third-order valence-electron chi connectivity index (χ3n) is 4.63. The molecule has 1 atom stereocenters. The van der Waals surface area contributed by atoms with Crippen molar-refractivity contribution in [2.75, 3.05) is 11.3 Å². The first kappa shape index (κ1) is 18.4. The highest BCUT2D eigenvalue weighted by Crippen LogP contribution is 2.31. The molecule has 1 N–H and O–H groups in total. The van der Waals surface area contributed by atoms with Gasteiger partial charge in [0, 0.05) is 6.20 Å². The standard InChI is InChI=1S/C20H21N3O4S/c1-14-7-8-18(9-15(14)2)28(24,25)22-16-10-21-23(11-16)12-17-13-26-19-5-3-4-6-20(19)27-17/h3-11,17,22H,12-13H2,1-2H3. The second kappa shape index (κ2) is 7.20. The van der Waals surface area contributed by atoms with Crippen LogP contribution in [0.4, 0.5) is 5.69 Å². The molecule has 7 nitrogen and oxygen atoms in total. The number of rotatable bonds is 5. The zero-order chi connectivity index (χ0) is 19.7. The molecule has 0 saturated carbocycles. The van der Waals surface area contributed by atoms with E-state index >= 15 is 0 Å². The van der Waals surface area contributed by atoms with Gasteiger partial charge < -0.3 is 9.47 Å². The fourth-order valence-corrected chi connectivity index (χ4v) is 4.09. The molecule has 8 heteroatoms. The lowest BCUT2D eigenvalue weighted by Gasteiger charge is -2.26. The highest BCUT2D eigenvalue weighted by atomic mass is 32.2. The summed E-state index contributed by atoms with van der Waals surface area (Å²) in [5.41, 5.74) is 2.37. The summed E-state index contributed by atoms with van der Waals surface area (Å²) in [6.07, 6.45) is 2.91. The molecule has 1 aliphatic rings. The molecule has 146 valence electrons. The summed E-state index contributed by atoms with van der Waals surface area (Å²) in [6, 6.07) is 12.5. The summed E-state index contributed by atoms with van der Waals surface area (Å²) in [4.78, 5) is 0.226. The molecule has 0 amide bonds. The number of aromatic nitrogens is 2. The predicted octanol–water partition coefficient (Wildman–Crippen LogP) is 3.14. The molecule has 2 aromatic carbocycles. The van der Waals surface area contributed by atoms with Gasteiger partial charge in [-0.2, -0.15) is 5.10 Å². The first-order valence-electron chi connectivity index (χ1n) is 8.92. The van der Waals surface area contributed by atoms with Crippen LogP contribution >= 0.6 is 0 Å². The summed E-state index contributed by atoms with van der Waals surface area (Å²) in [7, 11) is -3.67. The molecular formula is C20H21N3O4S. The second-order valence-corrected chi connectivity index (χ2v) is 8.48. The van der Waals surface area contributed by atoms with E-state index in [1.165, 1.54) is 6.20 Å². The Balaban J connectivity index is 1.44. The van der Waals surface area contributed by atoms with Crippen LogP contribution in [0.25, 0.3) is 0 Å². The van der Waals surface area contributed by atoms with Crippen LogP contribution in [0, 0.1) is 13.8 Å². The van der Waals surface area contributed by atoms with Crippen molar-refractivity contribution in [2.45, 2.75) is 31.4 Å². The van der Waals surface area contributed by atoms with Crippen LogP contribution in [0.3, 0.4) is 0 Å². The minimum absolute atomic E-state index is 0.209. The van der Waals surface area contributed by atoms with E-state index in [9.17, 15) is 8.42 Å². The maximum atomic E-state index is 12.6. The summed E-state index contributed by atoms with van der Waals surface area (Å²) in [5, 5.41) is 4.23. The summed E-state index contributed by atoms with van der Waals surface area (Å²) in [5.74, 6) is 1.42. The zero-order valence-corrected chi connectivity index (χ0v) is 16.4. The van der Waals surface area contributed by atoms with Gasteiger partial charge in [0.1, 0.15) is 6.61 Å². The first-order chi connectivity index (χ1) is 13.4. The minimum atomic E-state index is -3.67. The average molecular weight is 399 g/mol. The Morgan fingerprint density at radius 2 is 1.93 bits per heavy atom. The van der Waals surface area contributed by atoms with Crippen LogP contribution in [-0.4, -0.2) is 30.9 Å². The van der Waals surface area contributed by atoms with Gasteiger partial charge in [0.05, 0.1) is 23.3 Å². The van der Waals surface area contributed by atoms with Crippen LogP contribution in [0.15, 0.2) is 59.8 Å². The van der Waals surface area contributed by atoms with Crippen LogP contribution < -0.4 is 14.2 Å². The fraction of sp³-hybridized carbons (Fsp3) is 0.250. The van der Waals surface area contributed by atoms with Crippen molar-refractivity contribution in [1.29, 1.82) is 0 Å². The molecule has 0 bridgehead atoms. The lowest BCUT2D eigenvalue weighted by atomic mass is 10.1. The third kappa shape index (κ3) is 3.82. The highest BCUT2D eigenvalue weighted by molar-refractivity contribution is 7.92. The summed E-state index contributed by atoms with van der Waals surface area (Å²) < 4.78 is 41.0. The second-order valence-electron chi connectivity index (χ2n) is 6.80. The van der Waals surface area contributed by atoms with E-state index < -0.39 is 10.0 Å². The lowest BCUT2D eigenvalue weighted by molar-refractivity contribution is 0.0759. The molecule has 28 heavy (non-hydrogen) atoms. The molecule has 0 spiro atoms. The van der Waals surface area contributed by atoms with E-state index in [4.69, 9.17) is 9.47 Å². The van der Waals surface area contributed by atoms with Crippen molar-refractivity contribution in [2.24, 2.45) is 0 Å². The number of anilines is 1. The molecule has 4 rings (SSSR count). The number of fused-ring (bicyclic) bond motifs is 1. The van der Waals surface area contributed by atoms with Gasteiger partial charge in [0.25, 0.3) is 10.0 Å². The Bertz CT molecular complexity index is 1110. The normalized spacial score (nSPS) is 16.0. The van der Waals surface area contributed by atoms with Gasteiger partial charge in [-0.1, -0.05) is 18.2 Å². The quantitative estimate of drug-likeness (QED) is 0.713. The number of para-hydroxylation sites is 2. The Labute approximate surface area is 164 Å². The van der Waals surface area contributed by atoms with E-state index in [2.05, 4.69) is 9.82 Å². The Hall–Kier alpha value is -3.00. The number of sulfonamides is 1. The van der Waals surface area contributed by atoms with Crippen molar-refractivity contribution in [1.82, 2.24) is 9.78 Å². The summed E-state index contributed by atoms with van der Waals surface area (Å²) in [6.45, 7) is 4.68. The third-order valence-corrected chi connectivity index (χ3v) is 6.01. The number of nitrogens with zero attached hydrogens (tertiary/aromatic N) is 2. The van der Waals surface area contributed by atoms with E-state index in [1.54, 1.807) is 29.1 Å². The number of ether oxygens (including phenoxy) is 2. The van der Waals surface area contributed by atoms with Crippen LogP contribution in [0.2, 0.25) is 0 Å². The number of nitrogens with one attached hydrogen (secondary N) is 1. The number of hydrogen-bond acceptors (Lipinski definition) is 5. The first-order valence-corrected chi connectivity index (χ1v) is 10.4. The van der Waals surface area contributed by atoms with Gasteiger partial charge in [-0.3, -0.25) is 9.40 Å². The SMILES string of the molecule is Cc1ccc(S(=O)(=O)Nc2cnn(CC3COc4ccccc4O3)c2)cc1C. The van der Waals surface area contributed by atoms with E-state index in [-0.39, 0.29) is 11.0 Å². The van der Waals surface area contributed by atoms with Gasteiger partial charge in [0.2, 0.25) is 0 Å². The van der Waals surface area contributed by atoms with E-state index in [1.807, 2.05) is 38.1 Å². The van der Waals surface area contributed by atoms with E-state index in [0.29, 0.717) is 24.6 Å². The average Bonchev–Trinajstić information content (AvgIpc) is 3.09. The topological polar surface area (TPSA) is 82.5 Å². The fourth-order valence-electron chi connectivity index (χ4n) is 2.97. The van der Waals surface area contributed by atoms with E-state index in [0.717, 1.165) is 16.9 Å². The van der Waals surface area contributed by atoms with Crippen LogP contribution in [0.5, 0.6) is 11.5 Å². The van der Waals surface area contributed by atoms with Crippen molar-refractivity contribution in [3.63, 3.8) is 0 Å². The van der Waals surface area contributed by atoms with Gasteiger partial charge in [-0.25, -0.2) is 8.42 Å². The summed E-state index contributed by atoms with van der Waals surface area (Å²) >= 11 is 0. The smallest absolute Gasteiger partial charge is 0.262 e. The Kier molecular flexibility index (Phi) is 4.72. The largest absolute Gasteiger partial charge is 0.486 e. The van der Waals surface area contributed by atoms with Gasteiger partial charge in [-0.05, 0) is 49.2 Å². The maximum Gasteiger partial charge on any atom is 0.262 e. The maximum absolute atomic E-state index is 12.6. The van der Waals surface area contributed by atoms with Crippen molar-refractivity contribution < 1.29 is 17.9 Å². The lowest BCUT2D eigenvalue weighted by Crippen LogP contribution is -2.33. The Morgan fingerprint density at radius 3 is 2.71 bits per heavy atom. The number of aryl methyl sites for hydroxylation is 2. The number of hydrogen-bond donors (Lipinski definition) is 1. The molecule has 0 fully saturated rings. The molecule has 1 unspecified atom stereocenters. The van der Waals surface area contributed by atoms with Gasteiger partial charge >= 0.3 is 0 Å². The van der Waals surface area contributed by atoms with Crippen molar-refractivity contribution in [3.8, 4) is 11.5 Å². The molecule has 3 aromatic rings. The zero-order valence-electron chi connectivity index (χ0n) is 15.6. The molecule has 0 saturated heterocycles. The predicted molar refractivity (Wildman–Crippen MR) is 105 cm³/mol. The van der Waals surface area contributed by atoms with Crippen molar-refractivity contribution >= 4 is 15.7 Å². The van der Waals surface area contributed by atoms with Crippen molar-refractivity contribution in [3.05, 3.63) is 66.0 Å². The number of benzene rings is 2. The molecule has 0 radical (unpaired) electrons.